The molecule has 0 N–H and O–H groups in total. The van der Waals surface area contributed by atoms with E-state index in [0.29, 0.717) is 4.59 Å². The maximum Gasteiger partial charge on any atom is 0.392 e. The van der Waals surface area contributed by atoms with E-state index in [4.69, 9.17) is 0 Å². The summed E-state index contributed by atoms with van der Waals surface area (Å²) in [5, 5.41) is 0. The Labute approximate surface area is 65.3 Å². The van der Waals surface area contributed by atoms with E-state index in [2.05, 4.69) is 4.98 Å². The lowest BCUT2D eigenvalue weighted by molar-refractivity contribution is 0.244. The van der Waals surface area contributed by atoms with Gasteiger partial charge in [-0.05, 0) is 6.07 Å². The predicted octanol–water partition coefficient (Wildman–Crippen LogP) is -0.428. The van der Waals surface area contributed by atoms with Crippen molar-refractivity contribution < 1.29 is 0 Å². The first-order valence-electron chi connectivity index (χ1n) is 3.38. The summed E-state index contributed by atoms with van der Waals surface area (Å²) in [6.45, 7) is 0. The molecule has 0 amide bonds. The minimum atomic E-state index is -0.222. The van der Waals surface area contributed by atoms with Crippen molar-refractivity contribution in [3.8, 4) is 0 Å². The van der Waals surface area contributed by atoms with Gasteiger partial charge in [-0.3, -0.25) is 0 Å². The van der Waals surface area contributed by atoms with Crippen LogP contribution >= 0.6 is 0 Å². The second-order valence-corrected chi connectivity index (χ2v) is 3.19. The lowest BCUT2D eigenvalue weighted by Crippen LogP contribution is -2.52. The number of hydrogen-bond acceptors (Lipinski definition) is 2. The monoisotopic (exact) mass is 154 g/mol. The van der Waals surface area contributed by atoms with Crippen LogP contribution in [0.1, 0.15) is 0 Å². The van der Waals surface area contributed by atoms with Gasteiger partial charge >= 0.3 is 5.69 Å². The van der Waals surface area contributed by atoms with Crippen molar-refractivity contribution in [2.45, 2.75) is 0 Å². The van der Waals surface area contributed by atoms with Gasteiger partial charge in [0, 0.05) is 6.20 Å². The summed E-state index contributed by atoms with van der Waals surface area (Å²) in [6.07, 6.45) is 3.21. The molecule has 0 unspecified atom stereocenters. The van der Waals surface area contributed by atoms with Crippen molar-refractivity contribution in [3.05, 3.63) is 28.9 Å². The van der Waals surface area contributed by atoms with E-state index >= 15 is 0 Å². The maximum absolute atomic E-state index is 11.1. The highest BCUT2D eigenvalue weighted by molar-refractivity contribution is 4.83. The van der Waals surface area contributed by atoms with Crippen LogP contribution in [0.2, 0.25) is 0 Å². The van der Waals surface area contributed by atoms with Crippen molar-refractivity contribution in [1.29, 1.82) is 0 Å². The molecule has 0 fully saturated rings. The minimum Gasteiger partial charge on any atom is -0.241 e. The van der Waals surface area contributed by atoms with Crippen LogP contribution in [0.25, 0.3) is 0 Å². The zero-order valence-corrected chi connectivity index (χ0v) is 6.98. The average molecular weight is 154 g/mol. The molecule has 1 aromatic rings. The summed E-state index contributed by atoms with van der Waals surface area (Å²) in [4.78, 5) is 14.7. The van der Waals surface area contributed by atoms with Gasteiger partial charge in [-0.2, -0.15) is 4.98 Å². The molecule has 0 aliphatic heterocycles. The summed E-state index contributed by atoms with van der Waals surface area (Å²) in [6, 6.07) is 1.74. The third-order valence-corrected chi connectivity index (χ3v) is 1.34. The molecule has 1 heterocycles. The Morgan fingerprint density at radius 1 is 1.45 bits per heavy atom. The first kappa shape index (κ1) is 7.94. The normalized spacial score (nSPS) is 11.5. The van der Waals surface area contributed by atoms with E-state index in [1.54, 1.807) is 16.9 Å². The quantitative estimate of drug-likeness (QED) is 0.514. The third-order valence-electron chi connectivity index (χ3n) is 1.34. The fourth-order valence-electron chi connectivity index (χ4n) is 0.806. The van der Waals surface area contributed by atoms with E-state index in [1.165, 1.54) is 6.20 Å². The second kappa shape index (κ2) is 2.47. The average Bonchev–Trinajstić information content (AvgIpc) is 1.86. The van der Waals surface area contributed by atoms with E-state index in [-0.39, 0.29) is 5.69 Å². The Kier molecular flexibility index (Phi) is 1.78. The van der Waals surface area contributed by atoms with Crippen LogP contribution < -0.4 is 10.3 Å². The predicted molar refractivity (Wildman–Crippen MR) is 43.8 cm³/mol. The molecule has 0 saturated heterocycles. The van der Waals surface area contributed by atoms with Gasteiger partial charge in [-0.1, -0.05) is 0 Å². The van der Waals surface area contributed by atoms with Crippen LogP contribution in [0.15, 0.2) is 23.3 Å². The van der Waals surface area contributed by atoms with Crippen molar-refractivity contribution in [1.82, 2.24) is 14.3 Å². The molecular weight excluding hydrogens is 142 g/mol. The van der Waals surface area contributed by atoms with E-state index in [9.17, 15) is 4.79 Å². The van der Waals surface area contributed by atoms with Crippen LogP contribution in [-0.2, 0) is 0 Å². The number of rotatable bonds is 1. The molecule has 0 bridgehead atoms. The van der Waals surface area contributed by atoms with Crippen molar-refractivity contribution in [3.63, 3.8) is 0 Å². The van der Waals surface area contributed by atoms with Gasteiger partial charge in [0.05, 0.1) is 27.3 Å². The molecule has 1 rings (SSSR count). The SMILES string of the molecule is C[N+](C)(C)n1cccnc1=O. The van der Waals surface area contributed by atoms with Crippen LogP contribution in [0.3, 0.4) is 0 Å². The van der Waals surface area contributed by atoms with Crippen molar-refractivity contribution >= 4 is 0 Å². The lowest BCUT2D eigenvalue weighted by Gasteiger charge is -2.23. The number of aromatic nitrogens is 2. The number of quaternary nitrogens is 1. The zero-order chi connectivity index (χ0) is 8.48. The maximum atomic E-state index is 11.1. The molecule has 4 heteroatoms. The Bertz CT molecular complexity index is 297. The molecule has 0 aliphatic rings. The molecule has 0 aromatic carbocycles. The van der Waals surface area contributed by atoms with E-state index in [0.717, 1.165) is 0 Å². The van der Waals surface area contributed by atoms with Gasteiger partial charge in [0.15, 0.2) is 0 Å². The molecule has 1 aromatic heterocycles. The Hall–Kier alpha value is -1.16. The first-order valence-corrected chi connectivity index (χ1v) is 3.38. The molecule has 0 atom stereocenters. The summed E-state index contributed by atoms with van der Waals surface area (Å²) >= 11 is 0. The van der Waals surface area contributed by atoms with Gasteiger partial charge < -0.3 is 0 Å². The lowest BCUT2D eigenvalue weighted by atomic mass is 10.7. The third kappa shape index (κ3) is 1.65. The molecule has 11 heavy (non-hydrogen) atoms. The fraction of sp³-hybridized carbons (Fsp3) is 0.429. The highest BCUT2D eigenvalue weighted by Gasteiger charge is 2.11. The zero-order valence-electron chi connectivity index (χ0n) is 6.98. The molecule has 0 aliphatic carbocycles. The Morgan fingerprint density at radius 2 is 2.09 bits per heavy atom. The summed E-state index contributed by atoms with van der Waals surface area (Å²) < 4.78 is 1.98. The van der Waals surface area contributed by atoms with Crippen LogP contribution in [0, 0.1) is 0 Å². The number of hydrogen-bond donors (Lipinski definition) is 0. The highest BCUT2D eigenvalue weighted by atomic mass is 16.2. The molecule has 60 valence electrons. The van der Waals surface area contributed by atoms with Crippen LogP contribution in [0.5, 0.6) is 0 Å². The van der Waals surface area contributed by atoms with Gasteiger partial charge in [0.2, 0.25) is 0 Å². The van der Waals surface area contributed by atoms with Crippen molar-refractivity contribution in [2.24, 2.45) is 0 Å². The second-order valence-electron chi connectivity index (χ2n) is 3.19. The van der Waals surface area contributed by atoms with E-state index < -0.39 is 0 Å². The fourth-order valence-corrected chi connectivity index (χ4v) is 0.806. The molecule has 0 saturated carbocycles. The van der Waals surface area contributed by atoms with Gasteiger partial charge in [0.25, 0.3) is 0 Å². The molecule has 0 radical (unpaired) electrons. The van der Waals surface area contributed by atoms with Gasteiger partial charge in [-0.15, -0.1) is 4.68 Å². The summed E-state index contributed by atoms with van der Waals surface area (Å²) in [5.41, 5.74) is -0.222. The van der Waals surface area contributed by atoms with E-state index in [1.807, 2.05) is 21.1 Å². The highest BCUT2D eigenvalue weighted by Crippen LogP contribution is 1.85. The minimum absolute atomic E-state index is 0.222. The Morgan fingerprint density at radius 3 is 2.45 bits per heavy atom. The Balaban J connectivity index is 3.26. The molecular formula is C7H12N3O+. The van der Waals surface area contributed by atoms with Gasteiger partial charge in [-0.25, -0.2) is 9.39 Å². The largest absolute Gasteiger partial charge is 0.392 e. The van der Waals surface area contributed by atoms with Crippen LogP contribution in [-0.4, -0.2) is 30.8 Å². The molecule has 4 nitrogen and oxygen atoms in total. The van der Waals surface area contributed by atoms with Crippen molar-refractivity contribution in [2.75, 3.05) is 21.1 Å². The van der Waals surface area contributed by atoms with Gasteiger partial charge in [0.1, 0.15) is 0 Å². The molecule has 0 spiro atoms. The topological polar surface area (TPSA) is 34.9 Å². The smallest absolute Gasteiger partial charge is 0.241 e. The first-order chi connectivity index (χ1) is 5.02. The number of nitrogens with zero attached hydrogens (tertiary/aromatic N) is 3. The standard InChI is InChI=1S/C7H12N3O/c1-10(2,3)9-6-4-5-8-7(9)11/h4-6H,1-3H3/q+1. The summed E-state index contributed by atoms with van der Waals surface area (Å²) in [7, 11) is 5.72. The van der Waals surface area contributed by atoms with Crippen LogP contribution in [0.4, 0.5) is 0 Å². The summed E-state index contributed by atoms with van der Waals surface area (Å²) in [5.74, 6) is 0.